The number of esters is 1. The lowest BCUT2D eigenvalue weighted by Crippen LogP contribution is -2.05. The minimum Gasteiger partial charge on any atom is -0.466 e. The first-order chi connectivity index (χ1) is 19.8. The molecule has 0 aromatic carbocycles. The molecule has 0 aromatic rings. The standard InChI is InChI=1S/C38H74O2/c1-3-5-7-9-11-13-15-17-19-21-22-24-26-28-30-32-34-36-38(39)40-37-35-33-31-29-27-25-23-20-18-16-14-12-10-8-6-4-2/h13,15H,3-12,14,16-37H2,1-2H3. The van der Waals surface area contributed by atoms with E-state index < -0.39 is 0 Å². The van der Waals surface area contributed by atoms with Gasteiger partial charge in [0, 0.05) is 6.42 Å². The van der Waals surface area contributed by atoms with E-state index in [0.717, 1.165) is 12.8 Å². The third-order valence-electron chi connectivity index (χ3n) is 8.40. The van der Waals surface area contributed by atoms with Crippen LogP contribution < -0.4 is 0 Å². The number of rotatable bonds is 34. The van der Waals surface area contributed by atoms with Crippen molar-refractivity contribution in [2.75, 3.05) is 6.61 Å². The normalized spacial score (nSPS) is 11.6. The second-order valence-electron chi connectivity index (χ2n) is 12.6. The van der Waals surface area contributed by atoms with Crippen molar-refractivity contribution in [2.45, 2.75) is 219 Å². The summed E-state index contributed by atoms with van der Waals surface area (Å²) in [7, 11) is 0. The molecule has 0 heterocycles. The van der Waals surface area contributed by atoms with E-state index >= 15 is 0 Å². The molecule has 0 radical (unpaired) electrons. The summed E-state index contributed by atoms with van der Waals surface area (Å²) >= 11 is 0. The van der Waals surface area contributed by atoms with Crippen LogP contribution in [0, 0.1) is 0 Å². The molecule has 0 bridgehead atoms. The Balaban J connectivity index is 3.17. The van der Waals surface area contributed by atoms with Crippen molar-refractivity contribution in [1.82, 2.24) is 0 Å². The fraction of sp³-hybridized carbons (Fsp3) is 0.921. The summed E-state index contributed by atoms with van der Waals surface area (Å²) in [6.45, 7) is 5.20. The first-order valence-corrected chi connectivity index (χ1v) is 18.6. The summed E-state index contributed by atoms with van der Waals surface area (Å²) in [4.78, 5) is 11.9. The van der Waals surface area contributed by atoms with Crippen molar-refractivity contribution in [3.63, 3.8) is 0 Å². The second kappa shape index (κ2) is 36.2. The summed E-state index contributed by atoms with van der Waals surface area (Å²) in [5.41, 5.74) is 0. The number of hydrogen-bond donors (Lipinski definition) is 0. The van der Waals surface area contributed by atoms with Crippen LogP contribution in [-0.4, -0.2) is 12.6 Å². The Morgan fingerprint density at radius 1 is 0.400 bits per heavy atom. The molecular formula is C38H74O2. The Morgan fingerprint density at radius 3 is 1.10 bits per heavy atom. The van der Waals surface area contributed by atoms with E-state index in [1.807, 2.05) is 0 Å². The lowest BCUT2D eigenvalue weighted by molar-refractivity contribution is -0.143. The predicted octanol–water partition coefficient (Wildman–Crippen LogP) is 13.6. The van der Waals surface area contributed by atoms with Crippen molar-refractivity contribution in [3.05, 3.63) is 12.2 Å². The number of carbonyl (C=O) groups excluding carboxylic acids is 1. The molecule has 238 valence electrons. The van der Waals surface area contributed by atoms with Gasteiger partial charge in [-0.15, -0.1) is 0 Å². The van der Waals surface area contributed by atoms with E-state index in [2.05, 4.69) is 26.0 Å². The van der Waals surface area contributed by atoms with Crippen molar-refractivity contribution in [2.24, 2.45) is 0 Å². The highest BCUT2D eigenvalue weighted by Crippen LogP contribution is 2.15. The van der Waals surface area contributed by atoms with E-state index in [1.54, 1.807) is 0 Å². The number of allylic oxidation sites excluding steroid dienone is 2. The fourth-order valence-electron chi connectivity index (χ4n) is 5.60. The molecule has 0 unspecified atom stereocenters. The van der Waals surface area contributed by atoms with Gasteiger partial charge in [-0.25, -0.2) is 0 Å². The molecule has 0 atom stereocenters. The van der Waals surface area contributed by atoms with Crippen LogP contribution in [0.15, 0.2) is 12.2 Å². The van der Waals surface area contributed by atoms with Gasteiger partial charge in [-0.2, -0.15) is 0 Å². The van der Waals surface area contributed by atoms with Gasteiger partial charge in [0.15, 0.2) is 0 Å². The third-order valence-corrected chi connectivity index (χ3v) is 8.40. The van der Waals surface area contributed by atoms with Gasteiger partial charge >= 0.3 is 5.97 Å². The maximum Gasteiger partial charge on any atom is 0.305 e. The predicted molar refractivity (Wildman–Crippen MR) is 179 cm³/mol. The molecule has 0 N–H and O–H groups in total. The van der Waals surface area contributed by atoms with Crippen molar-refractivity contribution < 1.29 is 9.53 Å². The van der Waals surface area contributed by atoms with Crippen LogP contribution in [0.25, 0.3) is 0 Å². The minimum absolute atomic E-state index is 0.0240. The largest absolute Gasteiger partial charge is 0.466 e. The molecule has 40 heavy (non-hydrogen) atoms. The van der Waals surface area contributed by atoms with Crippen LogP contribution in [-0.2, 0) is 9.53 Å². The summed E-state index contributed by atoms with van der Waals surface area (Å²) in [6, 6.07) is 0. The first kappa shape index (κ1) is 39.2. The van der Waals surface area contributed by atoms with Gasteiger partial charge in [0.05, 0.1) is 6.61 Å². The van der Waals surface area contributed by atoms with Crippen molar-refractivity contribution in [3.8, 4) is 0 Å². The van der Waals surface area contributed by atoms with Gasteiger partial charge in [0.25, 0.3) is 0 Å². The molecule has 0 saturated heterocycles. The Labute approximate surface area is 253 Å². The maximum absolute atomic E-state index is 11.9. The highest BCUT2D eigenvalue weighted by molar-refractivity contribution is 5.69. The number of ether oxygens (including phenoxy) is 1. The smallest absolute Gasteiger partial charge is 0.305 e. The lowest BCUT2D eigenvalue weighted by atomic mass is 10.0. The summed E-state index contributed by atoms with van der Waals surface area (Å²) < 4.78 is 5.45. The van der Waals surface area contributed by atoms with Gasteiger partial charge in [0.1, 0.15) is 0 Å². The second-order valence-corrected chi connectivity index (χ2v) is 12.6. The van der Waals surface area contributed by atoms with E-state index in [9.17, 15) is 4.79 Å². The molecule has 0 aliphatic heterocycles. The maximum atomic E-state index is 11.9. The average Bonchev–Trinajstić information content (AvgIpc) is 2.96. The minimum atomic E-state index is 0.0240. The zero-order chi connectivity index (χ0) is 29.0. The fourth-order valence-corrected chi connectivity index (χ4v) is 5.60. The number of carbonyl (C=O) groups is 1. The number of unbranched alkanes of at least 4 members (excludes halogenated alkanes) is 28. The average molecular weight is 563 g/mol. The highest BCUT2D eigenvalue weighted by Gasteiger charge is 2.02. The van der Waals surface area contributed by atoms with Gasteiger partial charge in [-0.1, -0.05) is 187 Å². The van der Waals surface area contributed by atoms with Gasteiger partial charge in [0.2, 0.25) is 0 Å². The Bertz CT molecular complexity index is 498. The molecule has 0 aliphatic rings. The lowest BCUT2D eigenvalue weighted by Gasteiger charge is -2.06. The van der Waals surface area contributed by atoms with E-state index in [-0.39, 0.29) is 5.97 Å². The highest BCUT2D eigenvalue weighted by atomic mass is 16.5. The molecule has 0 saturated carbocycles. The summed E-state index contributed by atoms with van der Waals surface area (Å²) in [5.74, 6) is 0.0240. The molecule has 0 fully saturated rings. The first-order valence-electron chi connectivity index (χ1n) is 18.6. The van der Waals surface area contributed by atoms with Crippen molar-refractivity contribution >= 4 is 5.97 Å². The topological polar surface area (TPSA) is 26.3 Å². The molecule has 0 aliphatic carbocycles. The third kappa shape index (κ3) is 35.2. The van der Waals surface area contributed by atoms with Crippen LogP contribution in [0.4, 0.5) is 0 Å². The molecule has 2 nitrogen and oxygen atoms in total. The molecule has 0 rings (SSSR count). The molecule has 0 aromatic heterocycles. The van der Waals surface area contributed by atoms with Crippen LogP contribution >= 0.6 is 0 Å². The molecule has 0 amide bonds. The Hall–Kier alpha value is -0.790. The quantitative estimate of drug-likeness (QED) is 0.0443. The van der Waals surface area contributed by atoms with Crippen LogP contribution in [0.3, 0.4) is 0 Å². The Kier molecular flexibility index (Phi) is 35.5. The van der Waals surface area contributed by atoms with Gasteiger partial charge < -0.3 is 4.74 Å². The molecule has 2 heteroatoms. The zero-order valence-electron chi connectivity index (χ0n) is 27.8. The summed E-state index contributed by atoms with van der Waals surface area (Å²) in [6.07, 6.45) is 47.1. The van der Waals surface area contributed by atoms with Crippen LogP contribution in [0.2, 0.25) is 0 Å². The van der Waals surface area contributed by atoms with E-state index in [4.69, 9.17) is 4.74 Å². The van der Waals surface area contributed by atoms with Crippen molar-refractivity contribution in [1.29, 1.82) is 0 Å². The molecular weight excluding hydrogens is 488 g/mol. The van der Waals surface area contributed by atoms with Gasteiger partial charge in [-0.3, -0.25) is 4.79 Å². The van der Waals surface area contributed by atoms with E-state index in [1.165, 1.54) is 186 Å². The van der Waals surface area contributed by atoms with E-state index in [0.29, 0.717) is 13.0 Å². The number of hydrogen-bond acceptors (Lipinski definition) is 2. The summed E-state index contributed by atoms with van der Waals surface area (Å²) in [5, 5.41) is 0. The van der Waals surface area contributed by atoms with Crippen LogP contribution in [0.5, 0.6) is 0 Å². The molecule has 0 spiro atoms. The van der Waals surface area contributed by atoms with Crippen LogP contribution in [0.1, 0.15) is 219 Å². The Morgan fingerprint density at radius 2 is 0.700 bits per heavy atom. The SMILES string of the molecule is CCCCCCC=CCCCCCCCCCCCC(=O)OCCCCCCCCCCCCCCCCCC. The monoisotopic (exact) mass is 563 g/mol. The zero-order valence-corrected chi connectivity index (χ0v) is 27.8. The van der Waals surface area contributed by atoms with Gasteiger partial charge in [-0.05, 0) is 38.5 Å².